The van der Waals surface area contributed by atoms with Crippen LogP contribution in [0, 0.1) is 12.8 Å². The van der Waals surface area contributed by atoms with E-state index < -0.39 is 0 Å². The van der Waals surface area contributed by atoms with Gasteiger partial charge in [0.05, 0.1) is 5.41 Å². The highest BCUT2D eigenvalue weighted by Crippen LogP contribution is 2.44. The van der Waals surface area contributed by atoms with E-state index in [0.29, 0.717) is 32.6 Å². The third kappa shape index (κ3) is 2.28. The molecule has 3 heterocycles. The summed E-state index contributed by atoms with van der Waals surface area (Å²) in [5, 5.41) is 7.30. The highest BCUT2D eigenvalue weighted by molar-refractivity contribution is 5.76. The predicted octanol–water partition coefficient (Wildman–Crippen LogP) is 0.472. The quantitative estimate of drug-likeness (QED) is 0.861. The Morgan fingerprint density at radius 2 is 2.09 bits per heavy atom. The van der Waals surface area contributed by atoms with Crippen molar-refractivity contribution in [1.29, 1.82) is 0 Å². The van der Waals surface area contributed by atoms with Crippen LogP contribution in [0.5, 0.6) is 0 Å². The molecule has 2 atom stereocenters. The number of rotatable bonds is 2. The van der Waals surface area contributed by atoms with Crippen LogP contribution in [0.4, 0.5) is 0 Å². The first-order valence-corrected chi connectivity index (χ1v) is 7.89. The summed E-state index contributed by atoms with van der Waals surface area (Å²) >= 11 is 0. The Labute approximate surface area is 130 Å². The SMILES string of the molecule is CCC(=O)N1CC[C@@]2(c3n[nH]c(C)n3)CN(C(C)=O)C[C@H]2C1. The molecule has 1 aromatic heterocycles. The Kier molecular flexibility index (Phi) is 3.66. The van der Waals surface area contributed by atoms with Gasteiger partial charge in [0.1, 0.15) is 5.82 Å². The van der Waals surface area contributed by atoms with Gasteiger partial charge in [-0.1, -0.05) is 6.92 Å². The molecule has 0 unspecified atom stereocenters. The zero-order chi connectivity index (χ0) is 15.9. The highest BCUT2D eigenvalue weighted by atomic mass is 16.2. The summed E-state index contributed by atoms with van der Waals surface area (Å²) in [6.07, 6.45) is 1.33. The molecule has 0 aromatic carbocycles. The van der Waals surface area contributed by atoms with E-state index in [1.54, 1.807) is 6.92 Å². The minimum Gasteiger partial charge on any atom is -0.342 e. The lowest BCUT2D eigenvalue weighted by Gasteiger charge is -2.41. The molecule has 2 aliphatic rings. The molecule has 0 saturated carbocycles. The van der Waals surface area contributed by atoms with Crippen LogP contribution in [0.3, 0.4) is 0 Å². The first-order chi connectivity index (χ1) is 10.5. The zero-order valence-electron chi connectivity index (χ0n) is 13.4. The van der Waals surface area contributed by atoms with Gasteiger partial charge < -0.3 is 9.80 Å². The minimum absolute atomic E-state index is 0.0781. The Morgan fingerprint density at radius 1 is 1.36 bits per heavy atom. The fraction of sp³-hybridized carbons (Fsp3) is 0.733. The number of H-pyrrole nitrogens is 1. The number of amides is 2. The van der Waals surface area contributed by atoms with Crippen molar-refractivity contribution < 1.29 is 9.59 Å². The largest absolute Gasteiger partial charge is 0.342 e. The second-order valence-corrected chi connectivity index (χ2v) is 6.44. The van der Waals surface area contributed by atoms with Crippen molar-refractivity contribution in [3.05, 3.63) is 11.6 Å². The maximum absolute atomic E-state index is 12.0. The molecule has 2 fully saturated rings. The van der Waals surface area contributed by atoms with Crippen LogP contribution in [0.15, 0.2) is 0 Å². The Morgan fingerprint density at radius 3 is 2.68 bits per heavy atom. The molecular weight excluding hydrogens is 282 g/mol. The number of aryl methyl sites for hydroxylation is 1. The van der Waals surface area contributed by atoms with Crippen molar-refractivity contribution in [3.63, 3.8) is 0 Å². The average Bonchev–Trinajstić information content (AvgIpc) is 3.09. The molecule has 120 valence electrons. The molecule has 3 rings (SSSR count). The van der Waals surface area contributed by atoms with E-state index in [4.69, 9.17) is 0 Å². The molecule has 2 saturated heterocycles. The van der Waals surface area contributed by atoms with E-state index in [1.165, 1.54) is 0 Å². The van der Waals surface area contributed by atoms with Crippen molar-refractivity contribution in [3.8, 4) is 0 Å². The summed E-state index contributed by atoms with van der Waals surface area (Å²) < 4.78 is 0. The molecule has 0 aliphatic carbocycles. The molecule has 7 nitrogen and oxygen atoms in total. The Hall–Kier alpha value is -1.92. The number of nitrogens with zero attached hydrogens (tertiary/aromatic N) is 4. The molecular formula is C15H23N5O2. The van der Waals surface area contributed by atoms with E-state index >= 15 is 0 Å². The maximum Gasteiger partial charge on any atom is 0.222 e. The van der Waals surface area contributed by atoms with E-state index in [9.17, 15) is 9.59 Å². The normalized spacial score (nSPS) is 27.9. The number of aromatic amines is 1. The van der Waals surface area contributed by atoms with Gasteiger partial charge in [-0.05, 0) is 13.3 Å². The van der Waals surface area contributed by atoms with Gasteiger partial charge in [0.15, 0.2) is 5.82 Å². The van der Waals surface area contributed by atoms with Gasteiger partial charge in [-0.15, -0.1) is 0 Å². The standard InChI is InChI=1S/C15H23N5O2/c1-4-13(22)19-6-5-15(14-16-10(2)17-18-14)9-20(11(3)21)8-12(15)7-19/h12H,4-9H2,1-3H3,(H,16,17,18)/t12-,15-/m1/s1. The number of hydrogen-bond donors (Lipinski definition) is 1. The summed E-state index contributed by atoms with van der Waals surface area (Å²) in [5.74, 6) is 2.05. The van der Waals surface area contributed by atoms with Crippen LogP contribution in [-0.2, 0) is 15.0 Å². The van der Waals surface area contributed by atoms with Crippen molar-refractivity contribution in [2.45, 2.75) is 39.0 Å². The maximum atomic E-state index is 12.0. The monoisotopic (exact) mass is 305 g/mol. The molecule has 22 heavy (non-hydrogen) atoms. The molecule has 0 radical (unpaired) electrons. The van der Waals surface area contributed by atoms with E-state index in [-0.39, 0.29) is 23.1 Å². The van der Waals surface area contributed by atoms with Crippen LogP contribution in [0.2, 0.25) is 0 Å². The fourth-order valence-corrected chi connectivity index (χ4v) is 3.80. The first kappa shape index (κ1) is 15.0. The lowest BCUT2D eigenvalue weighted by Crippen LogP contribution is -2.51. The van der Waals surface area contributed by atoms with Gasteiger partial charge in [-0.2, -0.15) is 5.10 Å². The Bertz CT molecular complexity index is 599. The van der Waals surface area contributed by atoms with Crippen molar-refractivity contribution in [1.82, 2.24) is 25.0 Å². The number of carbonyl (C=O) groups excluding carboxylic acids is 2. The van der Waals surface area contributed by atoms with Gasteiger partial charge in [0.2, 0.25) is 11.8 Å². The van der Waals surface area contributed by atoms with Crippen LogP contribution in [0.25, 0.3) is 0 Å². The zero-order valence-corrected chi connectivity index (χ0v) is 13.4. The van der Waals surface area contributed by atoms with E-state index in [1.807, 2.05) is 23.6 Å². The number of aromatic nitrogens is 3. The minimum atomic E-state index is -0.221. The second kappa shape index (κ2) is 5.37. The van der Waals surface area contributed by atoms with Gasteiger partial charge in [-0.3, -0.25) is 14.7 Å². The molecule has 2 aliphatic heterocycles. The molecule has 7 heteroatoms. The average molecular weight is 305 g/mol. The number of piperidine rings is 1. The number of carbonyl (C=O) groups is 2. The summed E-state index contributed by atoms with van der Waals surface area (Å²) in [6, 6.07) is 0. The smallest absolute Gasteiger partial charge is 0.222 e. The Balaban J connectivity index is 1.92. The van der Waals surface area contributed by atoms with Gasteiger partial charge in [0.25, 0.3) is 0 Å². The molecule has 1 N–H and O–H groups in total. The summed E-state index contributed by atoms with van der Waals surface area (Å²) in [6.45, 7) is 8.10. The topological polar surface area (TPSA) is 82.2 Å². The number of hydrogen-bond acceptors (Lipinski definition) is 4. The van der Waals surface area contributed by atoms with E-state index in [2.05, 4.69) is 15.2 Å². The third-order valence-corrected chi connectivity index (χ3v) is 5.11. The molecule has 1 aromatic rings. The summed E-state index contributed by atoms with van der Waals surface area (Å²) in [4.78, 5) is 32.2. The van der Waals surface area contributed by atoms with Gasteiger partial charge >= 0.3 is 0 Å². The third-order valence-electron chi connectivity index (χ3n) is 5.11. The van der Waals surface area contributed by atoms with Crippen LogP contribution >= 0.6 is 0 Å². The molecule has 0 bridgehead atoms. The van der Waals surface area contributed by atoms with Crippen molar-refractivity contribution in [2.75, 3.05) is 26.2 Å². The first-order valence-electron chi connectivity index (χ1n) is 7.89. The summed E-state index contributed by atoms with van der Waals surface area (Å²) in [7, 11) is 0. The van der Waals surface area contributed by atoms with Crippen LogP contribution in [-0.4, -0.2) is 63.0 Å². The lowest BCUT2D eigenvalue weighted by molar-refractivity contribution is -0.133. The second-order valence-electron chi connectivity index (χ2n) is 6.44. The van der Waals surface area contributed by atoms with E-state index in [0.717, 1.165) is 18.1 Å². The summed E-state index contributed by atoms with van der Waals surface area (Å²) in [5.41, 5.74) is -0.221. The number of nitrogens with one attached hydrogen (secondary N) is 1. The predicted molar refractivity (Wildman–Crippen MR) is 80.0 cm³/mol. The van der Waals surface area contributed by atoms with Gasteiger partial charge in [-0.25, -0.2) is 4.98 Å². The molecule has 0 spiro atoms. The fourth-order valence-electron chi connectivity index (χ4n) is 3.80. The van der Waals surface area contributed by atoms with Gasteiger partial charge in [0, 0.05) is 45.4 Å². The highest BCUT2D eigenvalue weighted by Gasteiger charge is 2.53. The number of likely N-dealkylation sites (tertiary alicyclic amines) is 2. The van der Waals surface area contributed by atoms with Crippen LogP contribution < -0.4 is 0 Å². The number of fused-ring (bicyclic) bond motifs is 1. The molecule has 2 amide bonds. The van der Waals surface area contributed by atoms with Crippen LogP contribution in [0.1, 0.15) is 38.3 Å². The van der Waals surface area contributed by atoms with Crippen molar-refractivity contribution >= 4 is 11.8 Å². The lowest BCUT2D eigenvalue weighted by atomic mass is 9.72. The van der Waals surface area contributed by atoms with Crippen molar-refractivity contribution in [2.24, 2.45) is 5.92 Å².